The Balaban J connectivity index is 1.55. The Hall–Kier alpha value is -2.83. The summed E-state index contributed by atoms with van der Waals surface area (Å²) in [6.07, 6.45) is 5.72. The lowest BCUT2D eigenvalue weighted by atomic mass is 9.85. The third-order valence-corrected chi connectivity index (χ3v) is 5.98. The molecule has 1 aliphatic carbocycles. The molecule has 29 heavy (non-hydrogen) atoms. The second-order valence-electron chi connectivity index (χ2n) is 8.35. The number of anilines is 5. The van der Waals surface area contributed by atoms with E-state index in [4.69, 9.17) is 0 Å². The molecule has 1 aromatic heterocycles. The van der Waals surface area contributed by atoms with Gasteiger partial charge >= 0.3 is 0 Å². The molecule has 0 bridgehead atoms. The first kappa shape index (κ1) is 19.5. The number of aromatic nitrogens is 2. The number of benzene rings is 1. The number of amides is 1. The van der Waals surface area contributed by atoms with Gasteiger partial charge in [0.2, 0.25) is 11.9 Å². The number of carbonyl (C=O) groups excluding carboxylic acids is 1. The van der Waals surface area contributed by atoms with Crippen molar-refractivity contribution in [1.82, 2.24) is 9.97 Å². The van der Waals surface area contributed by atoms with Crippen molar-refractivity contribution in [3.05, 3.63) is 30.5 Å². The minimum Gasteiger partial charge on any atom is -0.370 e. The molecule has 1 aliphatic heterocycles. The quantitative estimate of drug-likeness (QED) is 0.771. The highest BCUT2D eigenvalue weighted by atomic mass is 16.2. The summed E-state index contributed by atoms with van der Waals surface area (Å²) in [7, 11) is 1.84. The highest BCUT2D eigenvalue weighted by Gasteiger charge is 2.34. The molecule has 1 saturated carbocycles. The summed E-state index contributed by atoms with van der Waals surface area (Å²) < 4.78 is 0. The second-order valence-corrected chi connectivity index (χ2v) is 8.35. The second kappa shape index (κ2) is 7.89. The summed E-state index contributed by atoms with van der Waals surface area (Å²) in [6.45, 7) is 7.15. The molecule has 154 valence electrons. The molecule has 0 unspecified atom stereocenters. The van der Waals surface area contributed by atoms with Crippen molar-refractivity contribution in [3.8, 4) is 0 Å². The summed E-state index contributed by atoms with van der Waals surface area (Å²) in [5, 5.41) is 6.74. The minimum absolute atomic E-state index is 0.112. The van der Waals surface area contributed by atoms with E-state index in [0.29, 0.717) is 5.95 Å². The van der Waals surface area contributed by atoms with Gasteiger partial charge in [-0.05, 0) is 63.8 Å². The van der Waals surface area contributed by atoms with Crippen LogP contribution in [-0.4, -0.2) is 41.6 Å². The Morgan fingerprint density at radius 3 is 2.69 bits per heavy atom. The average Bonchev–Trinajstić information content (AvgIpc) is 2.65. The zero-order valence-corrected chi connectivity index (χ0v) is 17.6. The molecular formula is C22H30N6O. The first-order valence-corrected chi connectivity index (χ1v) is 10.5. The van der Waals surface area contributed by atoms with Crippen molar-refractivity contribution in [2.45, 2.75) is 52.1 Å². The van der Waals surface area contributed by atoms with Crippen LogP contribution in [0, 0.1) is 5.92 Å². The maximum atomic E-state index is 12.6. The maximum absolute atomic E-state index is 12.6. The molecule has 0 spiro atoms. The average molecular weight is 395 g/mol. The van der Waals surface area contributed by atoms with Gasteiger partial charge < -0.3 is 20.4 Å². The summed E-state index contributed by atoms with van der Waals surface area (Å²) in [4.78, 5) is 25.5. The van der Waals surface area contributed by atoms with Gasteiger partial charge in [-0.1, -0.05) is 6.42 Å². The zero-order chi connectivity index (χ0) is 20.5. The summed E-state index contributed by atoms with van der Waals surface area (Å²) in [6, 6.07) is 7.95. The molecule has 0 radical (unpaired) electrons. The van der Waals surface area contributed by atoms with Gasteiger partial charge in [0.25, 0.3) is 0 Å². The van der Waals surface area contributed by atoms with Crippen LogP contribution in [0.3, 0.4) is 0 Å². The first-order valence-electron chi connectivity index (χ1n) is 10.5. The van der Waals surface area contributed by atoms with Crippen LogP contribution < -0.4 is 20.4 Å². The largest absolute Gasteiger partial charge is 0.370 e. The SMILES string of the molecule is CC(C)N1c2cc(Nc3nccc(NCC4CCC4)n3)ccc2N(C)C(=O)[C@H]1C. The normalized spacial score (nSPS) is 19.2. The van der Waals surface area contributed by atoms with E-state index in [9.17, 15) is 4.79 Å². The molecule has 2 aromatic rings. The molecule has 1 aromatic carbocycles. The highest BCUT2D eigenvalue weighted by molar-refractivity contribution is 6.05. The number of carbonyl (C=O) groups is 1. The van der Waals surface area contributed by atoms with E-state index >= 15 is 0 Å². The first-order chi connectivity index (χ1) is 13.9. The van der Waals surface area contributed by atoms with Gasteiger partial charge in [-0.25, -0.2) is 4.98 Å². The lowest BCUT2D eigenvalue weighted by Crippen LogP contribution is -2.53. The van der Waals surface area contributed by atoms with E-state index in [-0.39, 0.29) is 18.0 Å². The molecule has 2 N–H and O–H groups in total. The Labute approximate surface area is 172 Å². The van der Waals surface area contributed by atoms with Gasteiger partial charge in [0.05, 0.1) is 11.4 Å². The fourth-order valence-electron chi connectivity index (χ4n) is 4.14. The molecule has 2 heterocycles. The predicted molar refractivity (Wildman–Crippen MR) is 118 cm³/mol. The van der Waals surface area contributed by atoms with Crippen LogP contribution in [0.15, 0.2) is 30.5 Å². The lowest BCUT2D eigenvalue weighted by molar-refractivity contribution is -0.119. The van der Waals surface area contributed by atoms with Crippen LogP contribution >= 0.6 is 0 Å². The van der Waals surface area contributed by atoms with E-state index in [1.54, 1.807) is 11.1 Å². The van der Waals surface area contributed by atoms with Crippen LogP contribution in [0.4, 0.5) is 28.8 Å². The number of rotatable bonds is 6. The fourth-order valence-corrected chi connectivity index (χ4v) is 4.14. The number of hydrogen-bond acceptors (Lipinski definition) is 6. The number of fused-ring (bicyclic) bond motifs is 1. The van der Waals surface area contributed by atoms with Crippen molar-refractivity contribution in [1.29, 1.82) is 0 Å². The Kier molecular flexibility index (Phi) is 5.30. The van der Waals surface area contributed by atoms with E-state index in [2.05, 4.69) is 45.4 Å². The van der Waals surface area contributed by atoms with Gasteiger partial charge in [0, 0.05) is 31.5 Å². The standard InChI is InChI=1S/C22H30N6O/c1-14(2)28-15(3)21(29)27(4)18-9-8-17(12-19(18)28)25-22-23-11-10-20(26-22)24-13-16-6-5-7-16/h8-12,14-16H,5-7,13H2,1-4H3,(H2,23,24,25,26)/t15-/m1/s1. The van der Waals surface area contributed by atoms with Crippen LogP contribution in [0.5, 0.6) is 0 Å². The van der Waals surface area contributed by atoms with E-state index in [1.165, 1.54) is 19.3 Å². The van der Waals surface area contributed by atoms with Gasteiger partial charge in [-0.2, -0.15) is 4.98 Å². The Morgan fingerprint density at radius 2 is 2.00 bits per heavy atom. The molecule has 4 rings (SSSR count). The molecule has 1 amide bonds. The summed E-state index contributed by atoms with van der Waals surface area (Å²) >= 11 is 0. The summed E-state index contributed by atoms with van der Waals surface area (Å²) in [5.41, 5.74) is 2.86. The minimum atomic E-state index is -0.196. The number of nitrogens with zero attached hydrogens (tertiary/aromatic N) is 4. The molecule has 7 heteroatoms. The van der Waals surface area contributed by atoms with E-state index < -0.39 is 0 Å². The fraction of sp³-hybridized carbons (Fsp3) is 0.500. The monoisotopic (exact) mass is 394 g/mol. The van der Waals surface area contributed by atoms with Gasteiger partial charge in [-0.15, -0.1) is 0 Å². The maximum Gasteiger partial charge on any atom is 0.249 e. The van der Waals surface area contributed by atoms with E-state index in [1.807, 2.05) is 32.2 Å². The number of nitrogens with one attached hydrogen (secondary N) is 2. The number of likely N-dealkylation sites (N-methyl/N-ethyl adjacent to an activating group) is 1. The van der Waals surface area contributed by atoms with E-state index in [0.717, 1.165) is 35.3 Å². The van der Waals surface area contributed by atoms with Crippen molar-refractivity contribution < 1.29 is 4.79 Å². The van der Waals surface area contributed by atoms with Crippen molar-refractivity contribution in [3.63, 3.8) is 0 Å². The molecule has 7 nitrogen and oxygen atoms in total. The third-order valence-electron chi connectivity index (χ3n) is 5.98. The van der Waals surface area contributed by atoms with Crippen molar-refractivity contribution in [2.24, 2.45) is 5.92 Å². The van der Waals surface area contributed by atoms with Gasteiger partial charge in [0.1, 0.15) is 11.9 Å². The summed E-state index contributed by atoms with van der Waals surface area (Å²) in [5.74, 6) is 2.29. The van der Waals surface area contributed by atoms with Crippen LogP contribution in [0.25, 0.3) is 0 Å². The predicted octanol–water partition coefficient (Wildman–Crippen LogP) is 4.01. The molecule has 1 fully saturated rings. The third kappa shape index (κ3) is 3.86. The topological polar surface area (TPSA) is 73.4 Å². The molecule has 2 aliphatic rings. The lowest BCUT2D eigenvalue weighted by Gasteiger charge is -2.42. The molecular weight excluding hydrogens is 364 g/mol. The van der Waals surface area contributed by atoms with Crippen molar-refractivity contribution in [2.75, 3.05) is 34.0 Å². The van der Waals surface area contributed by atoms with Crippen LogP contribution in [-0.2, 0) is 4.79 Å². The smallest absolute Gasteiger partial charge is 0.249 e. The zero-order valence-electron chi connectivity index (χ0n) is 17.6. The molecule has 0 saturated heterocycles. The van der Waals surface area contributed by atoms with Crippen LogP contribution in [0.2, 0.25) is 0 Å². The van der Waals surface area contributed by atoms with Gasteiger partial charge in [-0.3, -0.25) is 4.79 Å². The Bertz CT molecular complexity index is 895. The van der Waals surface area contributed by atoms with Gasteiger partial charge in [0.15, 0.2) is 0 Å². The number of hydrogen-bond donors (Lipinski definition) is 2. The van der Waals surface area contributed by atoms with Crippen LogP contribution in [0.1, 0.15) is 40.0 Å². The van der Waals surface area contributed by atoms with Crippen molar-refractivity contribution >= 4 is 34.7 Å². The Morgan fingerprint density at radius 1 is 1.21 bits per heavy atom. The molecule has 1 atom stereocenters. The highest BCUT2D eigenvalue weighted by Crippen LogP contribution is 2.39.